The molecule has 23 heavy (non-hydrogen) atoms. The smallest absolute Gasteiger partial charge is 0.257 e. The summed E-state index contributed by atoms with van der Waals surface area (Å²) in [7, 11) is 0. The zero-order chi connectivity index (χ0) is 16.1. The Bertz CT molecular complexity index is 759. The molecule has 0 saturated heterocycles. The molecule has 1 N–H and O–H groups in total. The lowest BCUT2D eigenvalue weighted by molar-refractivity contribution is -0.127. The highest BCUT2D eigenvalue weighted by molar-refractivity contribution is 8.13. The number of amidine groups is 1. The minimum Gasteiger partial charge on any atom is -0.457 e. The van der Waals surface area contributed by atoms with Gasteiger partial charge in [-0.2, -0.15) is 4.99 Å². The summed E-state index contributed by atoms with van der Waals surface area (Å²) in [6.07, 6.45) is -0.176. The highest BCUT2D eigenvalue weighted by Crippen LogP contribution is 2.24. The Morgan fingerprint density at radius 1 is 1.04 bits per heavy atom. The molecule has 116 valence electrons. The second-order valence-electron chi connectivity index (χ2n) is 4.89. The molecule has 0 unspecified atom stereocenters. The maximum atomic E-state index is 11.3. The van der Waals surface area contributed by atoms with Crippen molar-refractivity contribution in [1.82, 2.24) is 5.32 Å². The molecule has 0 spiro atoms. The Balaban J connectivity index is 1.64. The van der Waals surface area contributed by atoms with Gasteiger partial charge in [-0.05, 0) is 29.8 Å². The van der Waals surface area contributed by atoms with Gasteiger partial charge < -0.3 is 10.1 Å². The lowest BCUT2D eigenvalue weighted by atomic mass is 10.2. The number of thioether (sulfide) groups is 1. The number of nitrogens with one attached hydrogen (secondary N) is 1. The summed E-state index contributed by atoms with van der Waals surface area (Å²) in [5.41, 5.74) is 1.01. The van der Waals surface area contributed by atoms with E-state index in [1.807, 2.05) is 54.6 Å². The fourth-order valence-corrected chi connectivity index (χ4v) is 2.86. The van der Waals surface area contributed by atoms with Crippen LogP contribution in [0.2, 0.25) is 0 Å². The van der Waals surface area contributed by atoms with E-state index in [9.17, 15) is 9.59 Å². The summed E-state index contributed by atoms with van der Waals surface area (Å²) in [6, 6.07) is 17.2. The van der Waals surface area contributed by atoms with Crippen LogP contribution < -0.4 is 10.1 Å². The highest BCUT2D eigenvalue weighted by atomic mass is 32.2. The molecule has 1 aliphatic rings. The Kier molecular flexibility index (Phi) is 4.73. The maximum absolute atomic E-state index is 11.3. The van der Waals surface area contributed by atoms with Crippen LogP contribution in [0.4, 0.5) is 0 Å². The molecule has 6 heteroatoms. The number of benzene rings is 2. The first-order valence-corrected chi connectivity index (χ1v) is 8.03. The van der Waals surface area contributed by atoms with Crippen molar-refractivity contribution in [2.24, 2.45) is 4.99 Å². The zero-order valence-corrected chi connectivity index (χ0v) is 13.0. The number of hydrogen-bond donors (Lipinski definition) is 1. The average molecular weight is 326 g/mol. The molecule has 0 aliphatic carbocycles. The third-order valence-electron chi connectivity index (χ3n) is 3.04. The molecular formula is C17H14N2O3S. The SMILES string of the molecule is O=C1CC(=O)NC(SCc2cccc(Oc3ccccc3)c2)=N1. The molecule has 1 heterocycles. The van der Waals surface area contributed by atoms with Crippen molar-refractivity contribution in [2.45, 2.75) is 12.2 Å². The van der Waals surface area contributed by atoms with E-state index in [1.165, 1.54) is 11.8 Å². The van der Waals surface area contributed by atoms with Crippen molar-refractivity contribution in [2.75, 3.05) is 0 Å². The van der Waals surface area contributed by atoms with Crippen molar-refractivity contribution in [1.29, 1.82) is 0 Å². The Labute approximate surface area is 137 Å². The van der Waals surface area contributed by atoms with Crippen LogP contribution in [-0.4, -0.2) is 17.0 Å². The third-order valence-corrected chi connectivity index (χ3v) is 3.98. The molecule has 1 aliphatic heterocycles. The molecule has 0 atom stereocenters. The Hall–Kier alpha value is -2.60. The second kappa shape index (κ2) is 7.11. The van der Waals surface area contributed by atoms with Crippen LogP contribution in [0.25, 0.3) is 0 Å². The summed E-state index contributed by atoms with van der Waals surface area (Å²) in [5.74, 6) is 1.37. The molecule has 2 aromatic carbocycles. The van der Waals surface area contributed by atoms with Gasteiger partial charge in [0, 0.05) is 5.75 Å². The van der Waals surface area contributed by atoms with Gasteiger partial charge in [0.05, 0.1) is 0 Å². The quantitative estimate of drug-likeness (QED) is 0.877. The molecule has 0 aromatic heterocycles. The van der Waals surface area contributed by atoms with Crippen LogP contribution in [0.5, 0.6) is 11.5 Å². The summed E-state index contributed by atoms with van der Waals surface area (Å²) in [6.45, 7) is 0. The van der Waals surface area contributed by atoms with Gasteiger partial charge in [-0.1, -0.05) is 42.1 Å². The summed E-state index contributed by atoms with van der Waals surface area (Å²) in [5, 5.41) is 2.94. The van der Waals surface area contributed by atoms with Gasteiger partial charge in [-0.3, -0.25) is 9.59 Å². The van der Waals surface area contributed by atoms with E-state index in [0.717, 1.165) is 17.1 Å². The third kappa shape index (κ3) is 4.43. The molecule has 0 bridgehead atoms. The van der Waals surface area contributed by atoms with Crippen molar-refractivity contribution >= 4 is 28.7 Å². The van der Waals surface area contributed by atoms with E-state index in [2.05, 4.69) is 10.3 Å². The van der Waals surface area contributed by atoms with E-state index in [1.54, 1.807) is 0 Å². The fraction of sp³-hybridized carbons (Fsp3) is 0.118. The number of ether oxygens (including phenoxy) is 1. The first kappa shape index (κ1) is 15.3. The topological polar surface area (TPSA) is 67.8 Å². The monoisotopic (exact) mass is 326 g/mol. The summed E-state index contributed by atoms with van der Waals surface area (Å²) in [4.78, 5) is 26.4. The number of amides is 2. The van der Waals surface area contributed by atoms with Crippen LogP contribution in [-0.2, 0) is 15.3 Å². The van der Waals surface area contributed by atoms with E-state index < -0.39 is 5.91 Å². The number of nitrogens with zero attached hydrogens (tertiary/aromatic N) is 1. The van der Waals surface area contributed by atoms with E-state index in [0.29, 0.717) is 10.9 Å². The molecular weight excluding hydrogens is 312 g/mol. The minimum atomic E-state index is -0.405. The lowest BCUT2D eigenvalue weighted by Crippen LogP contribution is -2.34. The largest absolute Gasteiger partial charge is 0.457 e. The number of para-hydroxylation sites is 1. The van der Waals surface area contributed by atoms with Crippen LogP contribution >= 0.6 is 11.8 Å². The van der Waals surface area contributed by atoms with Crippen molar-refractivity contribution in [3.05, 3.63) is 60.2 Å². The van der Waals surface area contributed by atoms with Gasteiger partial charge in [-0.25, -0.2) is 0 Å². The van der Waals surface area contributed by atoms with Crippen molar-refractivity contribution in [3.63, 3.8) is 0 Å². The number of aliphatic imine (C=N–C) groups is 1. The second-order valence-corrected chi connectivity index (χ2v) is 5.85. The van der Waals surface area contributed by atoms with Gasteiger partial charge in [0.1, 0.15) is 17.9 Å². The summed E-state index contributed by atoms with van der Waals surface area (Å²) >= 11 is 1.31. The van der Waals surface area contributed by atoms with Crippen LogP contribution in [0.3, 0.4) is 0 Å². The molecule has 0 radical (unpaired) electrons. The first-order chi connectivity index (χ1) is 11.2. The Morgan fingerprint density at radius 2 is 1.83 bits per heavy atom. The summed E-state index contributed by atoms with van der Waals surface area (Å²) < 4.78 is 5.78. The molecule has 5 nitrogen and oxygen atoms in total. The molecule has 0 fully saturated rings. The van der Waals surface area contributed by atoms with E-state index in [-0.39, 0.29) is 12.3 Å². The lowest BCUT2D eigenvalue weighted by Gasteiger charge is -2.12. The normalized spacial score (nSPS) is 14.2. The zero-order valence-electron chi connectivity index (χ0n) is 12.2. The van der Waals surface area contributed by atoms with Crippen molar-refractivity contribution in [3.8, 4) is 11.5 Å². The van der Waals surface area contributed by atoms with Gasteiger partial charge in [0.15, 0.2) is 5.17 Å². The molecule has 2 amide bonds. The predicted octanol–water partition coefficient (Wildman–Crippen LogP) is 3.11. The molecule has 3 rings (SSSR count). The fourth-order valence-electron chi connectivity index (χ4n) is 2.02. The van der Waals surface area contributed by atoms with Gasteiger partial charge in [0.2, 0.25) is 5.91 Å². The number of carbonyl (C=O) groups excluding carboxylic acids is 2. The molecule has 0 saturated carbocycles. The van der Waals surface area contributed by atoms with Crippen molar-refractivity contribution < 1.29 is 14.3 Å². The number of carbonyl (C=O) groups is 2. The van der Waals surface area contributed by atoms with Gasteiger partial charge in [-0.15, -0.1) is 0 Å². The average Bonchev–Trinajstić information content (AvgIpc) is 2.53. The first-order valence-electron chi connectivity index (χ1n) is 7.05. The van der Waals surface area contributed by atoms with Crippen LogP contribution in [0.15, 0.2) is 59.6 Å². The van der Waals surface area contributed by atoms with Crippen LogP contribution in [0, 0.1) is 0 Å². The van der Waals surface area contributed by atoms with Gasteiger partial charge >= 0.3 is 0 Å². The number of rotatable bonds is 4. The predicted molar refractivity (Wildman–Crippen MR) is 89.5 cm³/mol. The Morgan fingerprint density at radius 3 is 2.61 bits per heavy atom. The molecule has 2 aromatic rings. The highest BCUT2D eigenvalue weighted by Gasteiger charge is 2.18. The minimum absolute atomic E-state index is 0.176. The van der Waals surface area contributed by atoms with Crippen LogP contribution in [0.1, 0.15) is 12.0 Å². The van der Waals surface area contributed by atoms with E-state index >= 15 is 0 Å². The number of hydrogen-bond acceptors (Lipinski definition) is 4. The maximum Gasteiger partial charge on any atom is 0.257 e. The van der Waals surface area contributed by atoms with E-state index in [4.69, 9.17) is 4.74 Å². The standard InChI is InChI=1S/C17H14N2O3S/c20-15-10-16(21)19-17(18-15)23-11-12-5-4-8-14(9-12)22-13-6-2-1-3-7-13/h1-9H,10-11H2,(H,18,19,20,21). The van der Waals surface area contributed by atoms with Gasteiger partial charge in [0.25, 0.3) is 5.91 Å².